The summed E-state index contributed by atoms with van der Waals surface area (Å²) in [6.07, 6.45) is -1.23. The summed E-state index contributed by atoms with van der Waals surface area (Å²) in [5.41, 5.74) is -0.706. The Labute approximate surface area is 192 Å². The molecule has 2 aromatic heterocycles. The average Bonchev–Trinajstić information content (AvgIpc) is 2.79. The fraction of sp³-hybridized carbons (Fsp3) is 0.550. The van der Waals surface area contributed by atoms with E-state index in [9.17, 15) is 22.8 Å². The van der Waals surface area contributed by atoms with E-state index in [0.717, 1.165) is 12.4 Å². The van der Waals surface area contributed by atoms with Crippen LogP contribution >= 0.6 is 11.8 Å². The molecule has 33 heavy (non-hydrogen) atoms. The molecule has 0 aromatic carbocycles. The van der Waals surface area contributed by atoms with Gasteiger partial charge in [0.2, 0.25) is 11.9 Å². The summed E-state index contributed by atoms with van der Waals surface area (Å²) in [5.74, 6) is 1.97. The molecule has 13 heteroatoms. The Morgan fingerprint density at radius 3 is 2.52 bits per heavy atom. The lowest BCUT2D eigenvalue weighted by Gasteiger charge is -2.34. The van der Waals surface area contributed by atoms with Crippen molar-refractivity contribution in [1.82, 2.24) is 25.1 Å². The smallest absolute Gasteiger partial charge is 0.419 e. The molecule has 0 aliphatic carbocycles. The van der Waals surface area contributed by atoms with Gasteiger partial charge >= 0.3 is 6.18 Å². The molecule has 180 valence electrons. The Morgan fingerprint density at radius 1 is 1.21 bits per heavy atom. The van der Waals surface area contributed by atoms with Crippen LogP contribution in [0.5, 0.6) is 5.75 Å². The van der Waals surface area contributed by atoms with Gasteiger partial charge in [-0.15, -0.1) is 0 Å². The molecule has 0 bridgehead atoms. The molecule has 1 N–H and O–H groups in total. The van der Waals surface area contributed by atoms with Gasteiger partial charge in [0.15, 0.2) is 0 Å². The van der Waals surface area contributed by atoms with Crippen molar-refractivity contribution in [3.8, 4) is 5.75 Å². The standard InChI is InChI=1S/C20H25F3N6O3S/c1-13(32-16-11-26-27-18(31)14(16)2)12-33-8-3-17(30)28-4-6-29(7-5-28)19-24-9-15(10-25-19)20(21,22)23/h9-11,13H,3-8,12H2,1-2H3,(H,27,31)/t13-/m0/s1. The van der Waals surface area contributed by atoms with E-state index >= 15 is 0 Å². The van der Waals surface area contributed by atoms with Crippen LogP contribution in [0.4, 0.5) is 19.1 Å². The predicted octanol–water partition coefficient (Wildman–Crippen LogP) is 2.13. The second kappa shape index (κ2) is 10.9. The number of H-pyrrole nitrogens is 1. The second-order valence-electron chi connectivity index (χ2n) is 7.58. The second-order valence-corrected chi connectivity index (χ2v) is 8.73. The minimum absolute atomic E-state index is 0.0266. The maximum atomic E-state index is 12.6. The first-order chi connectivity index (χ1) is 15.6. The van der Waals surface area contributed by atoms with Crippen LogP contribution in [-0.4, -0.2) is 74.8 Å². The number of aromatic amines is 1. The number of anilines is 1. The number of hydrogen-bond donors (Lipinski definition) is 1. The number of aromatic nitrogens is 4. The number of nitrogens with zero attached hydrogens (tertiary/aromatic N) is 5. The highest BCUT2D eigenvalue weighted by Crippen LogP contribution is 2.28. The summed E-state index contributed by atoms with van der Waals surface area (Å²) < 4.78 is 43.7. The van der Waals surface area contributed by atoms with Gasteiger partial charge in [0, 0.05) is 56.5 Å². The van der Waals surface area contributed by atoms with Gasteiger partial charge in [-0.05, 0) is 13.8 Å². The largest absolute Gasteiger partial charge is 0.488 e. The van der Waals surface area contributed by atoms with Crippen molar-refractivity contribution < 1.29 is 22.7 Å². The first kappa shape index (κ1) is 24.8. The summed E-state index contributed by atoms with van der Waals surface area (Å²) in [7, 11) is 0. The summed E-state index contributed by atoms with van der Waals surface area (Å²) in [4.78, 5) is 35.2. The van der Waals surface area contributed by atoms with Crippen molar-refractivity contribution in [2.75, 3.05) is 42.6 Å². The Morgan fingerprint density at radius 2 is 1.88 bits per heavy atom. The number of halogens is 3. The first-order valence-corrected chi connectivity index (χ1v) is 11.5. The lowest BCUT2D eigenvalue weighted by Crippen LogP contribution is -2.49. The molecule has 3 rings (SSSR count). The Hall–Kier alpha value is -2.83. The molecule has 2 aromatic rings. The molecule has 1 amide bonds. The van der Waals surface area contributed by atoms with Crippen molar-refractivity contribution in [1.29, 1.82) is 0 Å². The Kier molecular flexibility index (Phi) is 8.16. The highest BCUT2D eigenvalue weighted by atomic mass is 32.2. The number of hydrogen-bond acceptors (Lipinski definition) is 8. The van der Waals surface area contributed by atoms with Crippen LogP contribution in [0.25, 0.3) is 0 Å². The number of amides is 1. The highest BCUT2D eigenvalue weighted by molar-refractivity contribution is 7.99. The quantitative estimate of drug-likeness (QED) is 0.566. The lowest BCUT2D eigenvalue weighted by molar-refractivity contribution is -0.138. The number of ether oxygens (including phenoxy) is 1. The zero-order chi connectivity index (χ0) is 24.0. The van der Waals surface area contributed by atoms with Crippen LogP contribution in [0, 0.1) is 6.92 Å². The third-order valence-electron chi connectivity index (χ3n) is 5.08. The zero-order valence-corrected chi connectivity index (χ0v) is 19.1. The van der Waals surface area contributed by atoms with Crippen molar-refractivity contribution in [3.63, 3.8) is 0 Å². The maximum absolute atomic E-state index is 12.6. The van der Waals surface area contributed by atoms with Crippen LogP contribution in [0.15, 0.2) is 23.4 Å². The molecule has 1 aliphatic heterocycles. The number of rotatable bonds is 8. The normalized spacial score (nSPS) is 15.4. The van der Waals surface area contributed by atoms with Crippen molar-refractivity contribution in [2.45, 2.75) is 32.5 Å². The summed E-state index contributed by atoms with van der Waals surface area (Å²) in [5, 5.41) is 6.08. The molecular weight excluding hydrogens is 461 g/mol. The minimum atomic E-state index is -4.47. The molecule has 3 heterocycles. The van der Waals surface area contributed by atoms with Gasteiger partial charge in [0.1, 0.15) is 11.9 Å². The summed E-state index contributed by atoms with van der Waals surface area (Å²) >= 11 is 1.58. The van der Waals surface area contributed by atoms with Crippen LogP contribution in [0.3, 0.4) is 0 Å². The van der Waals surface area contributed by atoms with E-state index in [1.54, 1.807) is 28.5 Å². The van der Waals surface area contributed by atoms with Crippen LogP contribution in [0.1, 0.15) is 24.5 Å². The van der Waals surface area contributed by atoms with Crippen LogP contribution in [0.2, 0.25) is 0 Å². The van der Waals surface area contributed by atoms with Gasteiger partial charge in [-0.1, -0.05) is 0 Å². The number of carbonyl (C=O) groups is 1. The predicted molar refractivity (Wildman–Crippen MR) is 117 cm³/mol. The first-order valence-electron chi connectivity index (χ1n) is 10.4. The van der Waals surface area contributed by atoms with Gasteiger partial charge in [-0.25, -0.2) is 15.1 Å². The third kappa shape index (κ3) is 6.83. The molecule has 1 saturated heterocycles. The van der Waals surface area contributed by atoms with Crippen LogP contribution < -0.4 is 15.2 Å². The third-order valence-corrected chi connectivity index (χ3v) is 6.28. The molecule has 0 spiro atoms. The van der Waals surface area contributed by atoms with Crippen molar-refractivity contribution >= 4 is 23.6 Å². The van der Waals surface area contributed by atoms with E-state index < -0.39 is 11.7 Å². The van der Waals surface area contributed by atoms with Crippen molar-refractivity contribution in [3.05, 3.63) is 40.1 Å². The fourth-order valence-electron chi connectivity index (χ4n) is 3.17. The fourth-order valence-corrected chi connectivity index (χ4v) is 4.05. The number of nitrogens with one attached hydrogen (secondary N) is 1. The minimum Gasteiger partial charge on any atom is -0.488 e. The molecule has 1 fully saturated rings. The number of thioether (sulfide) groups is 1. The van der Waals surface area contributed by atoms with E-state index in [0.29, 0.717) is 55.4 Å². The van der Waals surface area contributed by atoms with Gasteiger partial charge in [0.25, 0.3) is 5.56 Å². The molecule has 0 saturated carbocycles. The monoisotopic (exact) mass is 486 g/mol. The van der Waals surface area contributed by atoms with E-state index in [2.05, 4.69) is 20.2 Å². The average molecular weight is 487 g/mol. The Bertz CT molecular complexity index is 994. The number of carbonyl (C=O) groups excluding carboxylic acids is 1. The van der Waals surface area contributed by atoms with Gasteiger partial charge < -0.3 is 14.5 Å². The van der Waals surface area contributed by atoms with E-state index in [1.165, 1.54) is 6.20 Å². The van der Waals surface area contributed by atoms with E-state index in [1.807, 2.05) is 6.92 Å². The Balaban J connectivity index is 1.36. The molecule has 1 atom stereocenters. The molecular formula is C20H25F3N6O3S. The molecule has 1 aliphatic rings. The zero-order valence-electron chi connectivity index (χ0n) is 18.3. The molecule has 9 nitrogen and oxygen atoms in total. The van der Waals surface area contributed by atoms with Crippen molar-refractivity contribution in [2.24, 2.45) is 0 Å². The SMILES string of the molecule is Cc1c(O[C@@H](C)CSCCC(=O)N2CCN(c3ncc(C(F)(F)F)cn3)CC2)cn[nH]c1=O. The van der Waals surface area contributed by atoms with E-state index in [4.69, 9.17) is 4.74 Å². The van der Waals surface area contributed by atoms with Gasteiger partial charge in [-0.2, -0.15) is 30.0 Å². The lowest BCUT2D eigenvalue weighted by atomic mass is 10.3. The summed E-state index contributed by atoms with van der Waals surface area (Å²) in [6, 6.07) is 0. The topological polar surface area (TPSA) is 104 Å². The van der Waals surface area contributed by atoms with Gasteiger partial charge in [-0.3, -0.25) is 9.59 Å². The van der Waals surface area contributed by atoms with Gasteiger partial charge in [0.05, 0.1) is 17.3 Å². The number of piperazine rings is 1. The highest BCUT2D eigenvalue weighted by Gasteiger charge is 2.32. The van der Waals surface area contributed by atoms with E-state index in [-0.39, 0.29) is 23.5 Å². The molecule has 0 unspecified atom stereocenters. The maximum Gasteiger partial charge on any atom is 0.419 e. The summed E-state index contributed by atoms with van der Waals surface area (Å²) in [6.45, 7) is 5.39. The molecule has 0 radical (unpaired) electrons. The number of alkyl halides is 3. The van der Waals surface area contributed by atoms with Crippen LogP contribution in [-0.2, 0) is 11.0 Å².